The van der Waals surface area contributed by atoms with Crippen LogP contribution < -0.4 is 5.32 Å². The molecule has 20 heavy (non-hydrogen) atoms. The van der Waals surface area contributed by atoms with E-state index in [9.17, 15) is 0 Å². The van der Waals surface area contributed by atoms with E-state index in [1.165, 1.54) is 16.5 Å². The first kappa shape index (κ1) is 15.0. The Morgan fingerprint density at radius 1 is 1.10 bits per heavy atom. The van der Waals surface area contributed by atoms with Gasteiger partial charge in [-0.25, -0.2) is 0 Å². The molecule has 0 saturated carbocycles. The van der Waals surface area contributed by atoms with Gasteiger partial charge in [-0.05, 0) is 18.1 Å². The Balaban J connectivity index is 2.09. The number of rotatable bonds is 9. The molecule has 1 N–H and O–H groups in total. The lowest BCUT2D eigenvalue weighted by atomic mass is 10.2. The Kier molecular flexibility index (Phi) is 6.05. The number of nitrogens with one attached hydrogen (secondary N) is 1. The van der Waals surface area contributed by atoms with Gasteiger partial charge in [0.2, 0.25) is 0 Å². The van der Waals surface area contributed by atoms with Gasteiger partial charge in [-0.2, -0.15) is 0 Å². The second kappa shape index (κ2) is 8.04. The number of methoxy groups -OCH3 is 2. The van der Waals surface area contributed by atoms with E-state index >= 15 is 0 Å². The number of nitrogens with zero attached hydrogens (tertiary/aromatic N) is 1. The topological polar surface area (TPSA) is 35.4 Å². The van der Waals surface area contributed by atoms with Crippen molar-refractivity contribution in [2.45, 2.75) is 19.5 Å². The molecule has 0 aliphatic rings. The Hall–Kier alpha value is -1.36. The SMILES string of the molecule is COCCCn1cc(CNCCOC)c2ccccc21. The molecule has 0 amide bonds. The van der Waals surface area contributed by atoms with E-state index in [2.05, 4.69) is 40.3 Å². The molecular formula is C16H24N2O2. The second-order valence-electron chi connectivity index (χ2n) is 4.88. The molecule has 0 spiro atoms. The summed E-state index contributed by atoms with van der Waals surface area (Å²) in [5.41, 5.74) is 2.64. The summed E-state index contributed by atoms with van der Waals surface area (Å²) in [7, 11) is 3.47. The third kappa shape index (κ3) is 3.82. The Morgan fingerprint density at radius 3 is 2.70 bits per heavy atom. The van der Waals surface area contributed by atoms with Crippen LogP contribution in [-0.4, -0.2) is 38.5 Å². The molecule has 4 heteroatoms. The van der Waals surface area contributed by atoms with Gasteiger partial charge in [0.15, 0.2) is 0 Å². The lowest BCUT2D eigenvalue weighted by Crippen LogP contribution is -2.18. The Labute approximate surface area is 120 Å². The molecule has 110 valence electrons. The number of benzene rings is 1. The normalized spacial score (nSPS) is 11.3. The maximum Gasteiger partial charge on any atom is 0.0587 e. The molecule has 4 nitrogen and oxygen atoms in total. The molecule has 2 aromatic rings. The molecular weight excluding hydrogens is 252 g/mol. The monoisotopic (exact) mass is 276 g/mol. The van der Waals surface area contributed by atoms with Gasteiger partial charge in [0.1, 0.15) is 0 Å². The fraction of sp³-hybridized carbons (Fsp3) is 0.500. The first-order valence-electron chi connectivity index (χ1n) is 7.12. The Bertz CT molecular complexity index is 522. The van der Waals surface area contributed by atoms with E-state index in [1.807, 2.05) is 0 Å². The average molecular weight is 276 g/mol. The van der Waals surface area contributed by atoms with Crippen LogP contribution in [0, 0.1) is 0 Å². The van der Waals surface area contributed by atoms with Crippen LogP contribution in [0.5, 0.6) is 0 Å². The number of aryl methyl sites for hydroxylation is 1. The van der Waals surface area contributed by atoms with Gasteiger partial charge in [0.05, 0.1) is 6.61 Å². The average Bonchev–Trinajstić information content (AvgIpc) is 2.83. The van der Waals surface area contributed by atoms with Crippen LogP contribution >= 0.6 is 0 Å². The molecule has 0 atom stereocenters. The van der Waals surface area contributed by atoms with E-state index in [-0.39, 0.29) is 0 Å². The predicted molar refractivity (Wildman–Crippen MR) is 82.0 cm³/mol. The van der Waals surface area contributed by atoms with Crippen molar-refractivity contribution in [3.05, 3.63) is 36.0 Å². The van der Waals surface area contributed by atoms with Gasteiger partial charge in [0.25, 0.3) is 0 Å². The largest absolute Gasteiger partial charge is 0.385 e. The van der Waals surface area contributed by atoms with Crippen LogP contribution in [0.2, 0.25) is 0 Å². The van der Waals surface area contributed by atoms with Crippen LogP contribution in [0.3, 0.4) is 0 Å². The third-order valence-electron chi connectivity index (χ3n) is 3.42. The zero-order chi connectivity index (χ0) is 14.2. The molecule has 1 heterocycles. The Morgan fingerprint density at radius 2 is 1.90 bits per heavy atom. The van der Waals surface area contributed by atoms with Crippen LogP contribution in [0.1, 0.15) is 12.0 Å². The van der Waals surface area contributed by atoms with Crippen LogP contribution in [-0.2, 0) is 22.6 Å². The highest BCUT2D eigenvalue weighted by atomic mass is 16.5. The standard InChI is InChI=1S/C16H24N2O2/c1-19-10-5-9-18-13-14(12-17-8-11-20-2)15-6-3-4-7-16(15)18/h3-4,6-7,13,17H,5,8-12H2,1-2H3. The van der Waals surface area contributed by atoms with Crippen molar-refractivity contribution in [3.63, 3.8) is 0 Å². The highest BCUT2D eigenvalue weighted by Gasteiger charge is 2.07. The molecule has 0 unspecified atom stereocenters. The summed E-state index contributed by atoms with van der Waals surface area (Å²) in [6.45, 7) is 4.29. The number of hydrogen-bond donors (Lipinski definition) is 1. The highest BCUT2D eigenvalue weighted by Crippen LogP contribution is 2.21. The number of para-hydroxylation sites is 1. The molecule has 1 aromatic heterocycles. The maximum atomic E-state index is 5.13. The molecule has 1 aromatic carbocycles. The minimum atomic E-state index is 0.743. The minimum absolute atomic E-state index is 0.743. The summed E-state index contributed by atoms with van der Waals surface area (Å²) >= 11 is 0. The number of fused-ring (bicyclic) bond motifs is 1. The maximum absolute atomic E-state index is 5.13. The lowest BCUT2D eigenvalue weighted by Gasteiger charge is -2.04. The summed E-state index contributed by atoms with van der Waals surface area (Å²) in [6.07, 6.45) is 3.28. The molecule has 0 bridgehead atoms. The molecule has 0 aliphatic carbocycles. The zero-order valence-corrected chi connectivity index (χ0v) is 12.4. The van der Waals surface area contributed by atoms with Crippen LogP contribution in [0.4, 0.5) is 0 Å². The van der Waals surface area contributed by atoms with Gasteiger partial charge in [0, 0.05) is 57.6 Å². The second-order valence-corrected chi connectivity index (χ2v) is 4.88. The number of aromatic nitrogens is 1. The number of hydrogen-bond acceptors (Lipinski definition) is 3. The minimum Gasteiger partial charge on any atom is -0.385 e. The van der Waals surface area contributed by atoms with Crippen molar-refractivity contribution in [2.75, 3.05) is 34.0 Å². The molecule has 0 radical (unpaired) electrons. The zero-order valence-electron chi connectivity index (χ0n) is 12.4. The van der Waals surface area contributed by atoms with E-state index in [0.29, 0.717) is 0 Å². The summed E-state index contributed by atoms with van der Waals surface area (Å²) in [5, 5.41) is 4.74. The van der Waals surface area contributed by atoms with Gasteiger partial charge in [-0.15, -0.1) is 0 Å². The third-order valence-corrected chi connectivity index (χ3v) is 3.42. The quantitative estimate of drug-likeness (QED) is 0.714. The summed E-state index contributed by atoms with van der Waals surface area (Å²) in [4.78, 5) is 0. The van der Waals surface area contributed by atoms with Crippen molar-refractivity contribution >= 4 is 10.9 Å². The molecule has 0 aliphatic heterocycles. The van der Waals surface area contributed by atoms with Crippen LogP contribution in [0.15, 0.2) is 30.5 Å². The first-order valence-corrected chi connectivity index (χ1v) is 7.12. The van der Waals surface area contributed by atoms with E-state index in [1.54, 1.807) is 14.2 Å². The van der Waals surface area contributed by atoms with Crippen molar-refractivity contribution in [1.82, 2.24) is 9.88 Å². The summed E-state index contributed by atoms with van der Waals surface area (Å²) in [6, 6.07) is 8.56. The first-order chi connectivity index (χ1) is 9.86. The van der Waals surface area contributed by atoms with Crippen molar-refractivity contribution in [2.24, 2.45) is 0 Å². The van der Waals surface area contributed by atoms with E-state index in [0.717, 1.165) is 39.3 Å². The fourth-order valence-corrected chi connectivity index (χ4v) is 2.43. The molecule has 0 saturated heterocycles. The fourth-order valence-electron chi connectivity index (χ4n) is 2.43. The lowest BCUT2D eigenvalue weighted by molar-refractivity contribution is 0.190. The van der Waals surface area contributed by atoms with Crippen LogP contribution in [0.25, 0.3) is 10.9 Å². The highest BCUT2D eigenvalue weighted by molar-refractivity contribution is 5.83. The smallest absolute Gasteiger partial charge is 0.0587 e. The summed E-state index contributed by atoms with van der Waals surface area (Å²) in [5.74, 6) is 0. The molecule has 0 fully saturated rings. The van der Waals surface area contributed by atoms with Gasteiger partial charge < -0.3 is 19.4 Å². The predicted octanol–water partition coefficient (Wildman–Crippen LogP) is 2.41. The van der Waals surface area contributed by atoms with Crippen molar-refractivity contribution in [1.29, 1.82) is 0 Å². The number of ether oxygens (including phenoxy) is 2. The van der Waals surface area contributed by atoms with Crippen molar-refractivity contribution in [3.8, 4) is 0 Å². The van der Waals surface area contributed by atoms with E-state index in [4.69, 9.17) is 9.47 Å². The van der Waals surface area contributed by atoms with Crippen molar-refractivity contribution < 1.29 is 9.47 Å². The summed E-state index contributed by atoms with van der Waals surface area (Å²) < 4.78 is 12.5. The van der Waals surface area contributed by atoms with Gasteiger partial charge >= 0.3 is 0 Å². The van der Waals surface area contributed by atoms with E-state index < -0.39 is 0 Å². The molecule has 2 rings (SSSR count). The van der Waals surface area contributed by atoms with Gasteiger partial charge in [-0.3, -0.25) is 0 Å². The van der Waals surface area contributed by atoms with Gasteiger partial charge in [-0.1, -0.05) is 18.2 Å².